The molecule has 0 aromatic carbocycles. The lowest BCUT2D eigenvalue weighted by atomic mass is 10.1. The van der Waals surface area contributed by atoms with Crippen LogP contribution in [0.3, 0.4) is 0 Å². The molecule has 6 nitrogen and oxygen atoms in total. The third kappa shape index (κ3) is 1.63. The molecular weight excluding hydrogens is 186 g/mol. The molecule has 1 aromatic rings. The second-order valence-corrected chi connectivity index (χ2v) is 2.47. The molecule has 14 heavy (non-hydrogen) atoms. The molecule has 0 aliphatic carbocycles. The standard InChI is InChI=1S/C8H9N3O3/c1-14-8(13)4-2-3-11-6(9)5(4)7(10)12/h2-3H,1H3,(H2,9,11)(H2,10,12). The van der Waals surface area contributed by atoms with Crippen LogP contribution in [0.25, 0.3) is 0 Å². The van der Waals surface area contributed by atoms with Crippen molar-refractivity contribution in [1.29, 1.82) is 0 Å². The first-order chi connectivity index (χ1) is 6.57. The van der Waals surface area contributed by atoms with Crippen LogP contribution in [0.4, 0.5) is 5.82 Å². The molecule has 1 aromatic heterocycles. The number of carbonyl (C=O) groups is 2. The van der Waals surface area contributed by atoms with E-state index in [2.05, 4.69) is 9.72 Å². The minimum atomic E-state index is -0.809. The van der Waals surface area contributed by atoms with Gasteiger partial charge in [-0.15, -0.1) is 0 Å². The molecule has 6 heteroatoms. The average Bonchev–Trinajstić information content (AvgIpc) is 2.15. The maximum atomic E-state index is 11.2. The molecule has 0 aliphatic heterocycles. The largest absolute Gasteiger partial charge is 0.465 e. The maximum absolute atomic E-state index is 11.2. The van der Waals surface area contributed by atoms with Crippen molar-refractivity contribution in [2.24, 2.45) is 5.73 Å². The number of nitrogens with zero attached hydrogens (tertiary/aromatic N) is 1. The maximum Gasteiger partial charge on any atom is 0.338 e. The lowest BCUT2D eigenvalue weighted by Gasteiger charge is -2.05. The fourth-order valence-corrected chi connectivity index (χ4v) is 1.02. The van der Waals surface area contributed by atoms with Crippen molar-refractivity contribution in [3.8, 4) is 0 Å². The normalized spacial score (nSPS) is 9.50. The van der Waals surface area contributed by atoms with Crippen molar-refractivity contribution in [3.63, 3.8) is 0 Å². The zero-order chi connectivity index (χ0) is 10.7. The summed E-state index contributed by atoms with van der Waals surface area (Å²) in [7, 11) is 1.20. The Morgan fingerprint density at radius 1 is 1.50 bits per heavy atom. The van der Waals surface area contributed by atoms with Crippen molar-refractivity contribution in [1.82, 2.24) is 4.98 Å². The molecule has 0 saturated heterocycles. The molecule has 0 aliphatic rings. The van der Waals surface area contributed by atoms with Crippen LogP contribution in [0.15, 0.2) is 12.3 Å². The highest BCUT2D eigenvalue weighted by atomic mass is 16.5. The lowest BCUT2D eigenvalue weighted by molar-refractivity contribution is 0.0597. The Balaban J connectivity index is 3.35. The smallest absolute Gasteiger partial charge is 0.338 e. The molecule has 0 bridgehead atoms. The molecule has 4 N–H and O–H groups in total. The van der Waals surface area contributed by atoms with Gasteiger partial charge >= 0.3 is 5.97 Å². The van der Waals surface area contributed by atoms with Gasteiger partial charge in [0.25, 0.3) is 5.91 Å². The minimum Gasteiger partial charge on any atom is -0.465 e. The van der Waals surface area contributed by atoms with Crippen LogP contribution >= 0.6 is 0 Å². The van der Waals surface area contributed by atoms with Crippen LogP contribution in [0.2, 0.25) is 0 Å². The number of hydrogen-bond donors (Lipinski definition) is 2. The van der Waals surface area contributed by atoms with Gasteiger partial charge in [0.2, 0.25) is 0 Å². The van der Waals surface area contributed by atoms with E-state index in [1.807, 2.05) is 0 Å². The Morgan fingerprint density at radius 2 is 2.14 bits per heavy atom. The summed E-state index contributed by atoms with van der Waals surface area (Å²) in [5, 5.41) is 0. The van der Waals surface area contributed by atoms with Gasteiger partial charge in [0.05, 0.1) is 18.2 Å². The molecule has 1 heterocycles. The van der Waals surface area contributed by atoms with Gasteiger partial charge in [-0.1, -0.05) is 0 Å². The summed E-state index contributed by atoms with van der Waals surface area (Å²) in [4.78, 5) is 25.8. The molecule has 74 valence electrons. The minimum absolute atomic E-state index is 0.0208. The quantitative estimate of drug-likeness (QED) is 0.621. The molecular formula is C8H9N3O3. The average molecular weight is 195 g/mol. The van der Waals surface area contributed by atoms with E-state index < -0.39 is 11.9 Å². The summed E-state index contributed by atoms with van der Waals surface area (Å²) in [6.45, 7) is 0. The molecule has 0 atom stereocenters. The van der Waals surface area contributed by atoms with Gasteiger partial charge < -0.3 is 16.2 Å². The van der Waals surface area contributed by atoms with Crippen molar-refractivity contribution >= 4 is 17.7 Å². The predicted molar refractivity (Wildman–Crippen MR) is 48.5 cm³/mol. The number of pyridine rings is 1. The van der Waals surface area contributed by atoms with E-state index in [9.17, 15) is 9.59 Å². The van der Waals surface area contributed by atoms with E-state index in [-0.39, 0.29) is 16.9 Å². The monoisotopic (exact) mass is 195 g/mol. The first-order valence-corrected chi connectivity index (χ1v) is 3.70. The van der Waals surface area contributed by atoms with Gasteiger partial charge in [-0.3, -0.25) is 4.79 Å². The van der Waals surface area contributed by atoms with E-state index in [0.29, 0.717) is 0 Å². The summed E-state index contributed by atoms with van der Waals surface area (Å²) < 4.78 is 4.45. The number of amides is 1. The van der Waals surface area contributed by atoms with Crippen LogP contribution in [0.5, 0.6) is 0 Å². The van der Waals surface area contributed by atoms with Crippen LogP contribution in [0.1, 0.15) is 20.7 Å². The summed E-state index contributed by atoms with van der Waals surface area (Å²) in [6.07, 6.45) is 1.30. The number of nitrogen functional groups attached to an aromatic ring is 1. The van der Waals surface area contributed by atoms with Crippen molar-refractivity contribution in [3.05, 3.63) is 23.4 Å². The van der Waals surface area contributed by atoms with E-state index in [1.165, 1.54) is 19.4 Å². The lowest BCUT2D eigenvalue weighted by Crippen LogP contribution is -2.19. The Hall–Kier alpha value is -2.11. The fraction of sp³-hybridized carbons (Fsp3) is 0.125. The van der Waals surface area contributed by atoms with E-state index >= 15 is 0 Å². The van der Waals surface area contributed by atoms with Crippen LogP contribution in [-0.2, 0) is 4.74 Å². The zero-order valence-electron chi connectivity index (χ0n) is 7.48. The number of aromatic nitrogens is 1. The Labute approximate surface area is 79.9 Å². The van der Waals surface area contributed by atoms with Crippen molar-refractivity contribution in [2.75, 3.05) is 12.8 Å². The van der Waals surface area contributed by atoms with Gasteiger partial charge in [0.1, 0.15) is 5.82 Å². The summed E-state index contributed by atoms with van der Waals surface area (Å²) >= 11 is 0. The van der Waals surface area contributed by atoms with Gasteiger partial charge in [-0.05, 0) is 6.07 Å². The summed E-state index contributed by atoms with van der Waals surface area (Å²) in [6, 6.07) is 1.32. The number of anilines is 1. The number of methoxy groups -OCH3 is 1. The zero-order valence-corrected chi connectivity index (χ0v) is 7.48. The molecule has 0 unspecified atom stereocenters. The first-order valence-electron chi connectivity index (χ1n) is 3.70. The topological polar surface area (TPSA) is 108 Å². The highest BCUT2D eigenvalue weighted by Crippen LogP contribution is 2.14. The van der Waals surface area contributed by atoms with E-state index in [1.54, 1.807) is 0 Å². The second-order valence-electron chi connectivity index (χ2n) is 2.47. The highest BCUT2D eigenvalue weighted by molar-refractivity contribution is 6.07. The predicted octanol–water partition coefficient (Wildman–Crippen LogP) is -0.451. The van der Waals surface area contributed by atoms with Crippen molar-refractivity contribution < 1.29 is 14.3 Å². The SMILES string of the molecule is COC(=O)c1ccnc(N)c1C(N)=O. The Morgan fingerprint density at radius 3 is 2.64 bits per heavy atom. The number of hydrogen-bond acceptors (Lipinski definition) is 5. The van der Waals surface area contributed by atoms with Gasteiger partial charge in [0, 0.05) is 6.20 Å². The van der Waals surface area contributed by atoms with E-state index in [0.717, 1.165) is 0 Å². The number of nitrogens with two attached hydrogens (primary N) is 2. The third-order valence-electron chi connectivity index (χ3n) is 1.63. The number of rotatable bonds is 2. The first kappa shape index (κ1) is 9.97. The number of primary amides is 1. The number of esters is 1. The Bertz CT molecular complexity index is 389. The van der Waals surface area contributed by atoms with Gasteiger partial charge in [0.15, 0.2) is 0 Å². The summed E-state index contributed by atoms with van der Waals surface area (Å²) in [5.74, 6) is -1.57. The summed E-state index contributed by atoms with van der Waals surface area (Å²) in [5.41, 5.74) is 10.3. The molecule has 0 spiro atoms. The van der Waals surface area contributed by atoms with Crippen LogP contribution < -0.4 is 11.5 Å². The molecule has 1 amide bonds. The van der Waals surface area contributed by atoms with Gasteiger partial charge in [-0.25, -0.2) is 9.78 Å². The van der Waals surface area contributed by atoms with Crippen molar-refractivity contribution in [2.45, 2.75) is 0 Å². The second kappa shape index (κ2) is 3.73. The number of ether oxygens (including phenoxy) is 1. The molecule has 0 radical (unpaired) electrons. The van der Waals surface area contributed by atoms with Crippen LogP contribution in [0, 0.1) is 0 Å². The highest BCUT2D eigenvalue weighted by Gasteiger charge is 2.18. The Kier molecular flexibility index (Phi) is 2.66. The van der Waals surface area contributed by atoms with Gasteiger partial charge in [-0.2, -0.15) is 0 Å². The molecule has 0 fully saturated rings. The van der Waals surface area contributed by atoms with E-state index in [4.69, 9.17) is 11.5 Å². The third-order valence-corrected chi connectivity index (χ3v) is 1.63. The fourth-order valence-electron chi connectivity index (χ4n) is 1.02. The molecule has 0 saturated carbocycles. The number of carbonyl (C=O) groups excluding carboxylic acids is 2. The molecule has 1 rings (SSSR count). The van der Waals surface area contributed by atoms with Crippen LogP contribution in [-0.4, -0.2) is 24.0 Å².